The first-order valence-electron chi connectivity index (χ1n) is 8.05. The number of hydrogen-bond acceptors (Lipinski definition) is 0. The summed E-state index contributed by atoms with van der Waals surface area (Å²) >= 11 is 0. The second-order valence-corrected chi connectivity index (χ2v) is 5.43. The van der Waals surface area contributed by atoms with Gasteiger partial charge < -0.3 is 6.42 Å². The summed E-state index contributed by atoms with van der Waals surface area (Å²) in [5, 5.41) is 0. The second kappa shape index (κ2) is 13.0. The van der Waals surface area contributed by atoms with Gasteiger partial charge in [0.25, 0.3) is 0 Å². The summed E-state index contributed by atoms with van der Waals surface area (Å²) in [6.07, 6.45) is 5.76. The van der Waals surface area contributed by atoms with Crippen molar-refractivity contribution in [1.82, 2.24) is 0 Å². The van der Waals surface area contributed by atoms with Crippen LogP contribution in [-0.2, 0) is 32.7 Å². The largest absolute Gasteiger partial charge is 0.328 e. The summed E-state index contributed by atoms with van der Waals surface area (Å²) in [6, 6.07) is 20.0. The Bertz CT molecular complexity index is 527. The van der Waals surface area contributed by atoms with Crippen LogP contribution in [0.5, 0.6) is 0 Å². The summed E-state index contributed by atoms with van der Waals surface area (Å²) in [4.78, 5) is 0. The molecule has 0 aliphatic heterocycles. The van der Waals surface area contributed by atoms with Crippen LogP contribution < -0.4 is 0 Å². The van der Waals surface area contributed by atoms with Gasteiger partial charge >= 0.3 is 0 Å². The molecule has 22 heavy (non-hydrogen) atoms. The fourth-order valence-electron chi connectivity index (χ4n) is 2.70. The first-order chi connectivity index (χ1) is 10.2. The Balaban J connectivity index is 0.00000242. The van der Waals surface area contributed by atoms with Crippen LogP contribution in [0.2, 0.25) is 0 Å². The van der Waals surface area contributed by atoms with Crippen LogP contribution in [0, 0.1) is 43.6 Å². The Morgan fingerprint density at radius 2 is 1.77 bits per heavy atom. The fraction of sp³-hybridized carbons (Fsp3) is 0.350. The standard InChI is InChI=1S/C20H24.U.Y/c1-3-4-11-20(19-14-9-6-10-15-19)16-17(2)18-12-7-5-8-13-18;;/h4-5,7-10,12-15,17,20H,3,11,16H2,1-2H3;;/q-2;;/i5T;;. The fourth-order valence-corrected chi connectivity index (χ4v) is 2.70. The maximum Gasteiger partial charge on any atom is 0.0623 e. The quantitative estimate of drug-likeness (QED) is 0.358. The maximum absolute atomic E-state index is 7.59. The molecule has 0 spiro atoms. The SMILES string of the molecule is [3H]c1ccc(C(C)CC(C[CH-]CC)c2cc[c-]cc2)cc1.[U].[Y]. The molecular weight excluding hydrogens is 567 g/mol. The van der Waals surface area contributed by atoms with Crippen molar-refractivity contribution in [2.45, 2.75) is 44.9 Å². The molecule has 0 nitrogen and oxygen atoms in total. The molecule has 0 aromatic heterocycles. The maximum atomic E-state index is 7.59. The third kappa shape index (κ3) is 7.44. The molecule has 0 fully saturated rings. The molecule has 0 bridgehead atoms. The molecule has 0 amide bonds. The number of rotatable bonds is 7. The van der Waals surface area contributed by atoms with E-state index in [0.29, 0.717) is 17.9 Å². The van der Waals surface area contributed by atoms with E-state index < -0.39 is 0 Å². The van der Waals surface area contributed by atoms with Gasteiger partial charge in [-0.25, -0.2) is 0 Å². The Kier molecular flexibility index (Phi) is 12.2. The summed E-state index contributed by atoms with van der Waals surface area (Å²) in [6.45, 7) is 4.49. The number of benzene rings is 2. The van der Waals surface area contributed by atoms with E-state index in [0.717, 1.165) is 19.3 Å². The van der Waals surface area contributed by atoms with Crippen molar-refractivity contribution in [2.75, 3.05) is 0 Å². The summed E-state index contributed by atoms with van der Waals surface area (Å²) in [5.74, 6) is 1.07. The molecule has 2 aromatic carbocycles. The normalized spacial score (nSPS) is 13.3. The van der Waals surface area contributed by atoms with Crippen molar-refractivity contribution < 1.29 is 65.2 Å². The smallest absolute Gasteiger partial charge is 0.0623 e. The molecule has 0 aliphatic rings. The van der Waals surface area contributed by atoms with Crippen LogP contribution in [0.15, 0.2) is 54.6 Å². The predicted octanol–water partition coefficient (Wildman–Crippen LogP) is 5.77. The van der Waals surface area contributed by atoms with Crippen LogP contribution in [-0.4, -0.2) is 0 Å². The van der Waals surface area contributed by atoms with E-state index in [1.54, 1.807) is 0 Å². The van der Waals surface area contributed by atoms with Gasteiger partial charge in [-0.3, -0.25) is 0 Å². The van der Waals surface area contributed by atoms with E-state index in [9.17, 15) is 0 Å². The van der Waals surface area contributed by atoms with Crippen LogP contribution >= 0.6 is 0 Å². The van der Waals surface area contributed by atoms with Crippen LogP contribution in [0.25, 0.3) is 0 Å². The molecule has 0 aliphatic carbocycles. The Morgan fingerprint density at radius 3 is 2.36 bits per heavy atom. The minimum atomic E-state index is 0. The van der Waals surface area contributed by atoms with Gasteiger partial charge in [-0.2, -0.15) is 48.7 Å². The van der Waals surface area contributed by atoms with Gasteiger partial charge in [-0.15, -0.1) is 0 Å². The van der Waals surface area contributed by atoms with Gasteiger partial charge in [0.1, 0.15) is 0 Å². The molecule has 0 saturated carbocycles. The van der Waals surface area contributed by atoms with E-state index >= 15 is 0 Å². The minimum absolute atomic E-state index is 0. The molecule has 2 atom stereocenters. The third-order valence-electron chi connectivity index (χ3n) is 3.91. The minimum Gasteiger partial charge on any atom is -0.328 e. The van der Waals surface area contributed by atoms with Gasteiger partial charge in [0, 0.05) is 63.8 Å². The number of hydrogen-bond donors (Lipinski definition) is 0. The van der Waals surface area contributed by atoms with Gasteiger partial charge in [-0.1, -0.05) is 50.1 Å². The summed E-state index contributed by atoms with van der Waals surface area (Å²) in [7, 11) is 0. The molecule has 2 heteroatoms. The third-order valence-corrected chi connectivity index (χ3v) is 3.91. The van der Waals surface area contributed by atoms with Crippen molar-refractivity contribution in [3.8, 4) is 0 Å². The number of unbranched alkanes of at least 4 members (excludes halogenated alkanes) is 1. The zero-order valence-corrected chi connectivity index (χ0v) is 20.6. The van der Waals surface area contributed by atoms with Crippen molar-refractivity contribution in [2.24, 2.45) is 0 Å². The van der Waals surface area contributed by atoms with E-state index in [-0.39, 0.29) is 63.8 Å². The molecule has 2 rings (SSSR count). The van der Waals surface area contributed by atoms with E-state index in [4.69, 9.17) is 1.37 Å². The Hall–Kier alpha value is 0.596. The zero-order valence-electron chi connectivity index (χ0n) is 14.5. The molecule has 2 aromatic rings. The Morgan fingerprint density at radius 1 is 1.14 bits per heavy atom. The van der Waals surface area contributed by atoms with Gasteiger partial charge in [0.2, 0.25) is 0 Å². The summed E-state index contributed by atoms with van der Waals surface area (Å²) in [5.41, 5.74) is 2.73. The van der Waals surface area contributed by atoms with E-state index in [1.165, 1.54) is 11.1 Å². The van der Waals surface area contributed by atoms with Crippen LogP contribution in [0.1, 0.15) is 57.4 Å². The van der Waals surface area contributed by atoms with Crippen molar-refractivity contribution in [3.05, 3.63) is 78.2 Å². The average Bonchev–Trinajstić information content (AvgIpc) is 2.52. The van der Waals surface area contributed by atoms with Crippen molar-refractivity contribution in [1.29, 1.82) is 0 Å². The van der Waals surface area contributed by atoms with Crippen LogP contribution in [0.3, 0.4) is 0 Å². The molecule has 1 radical (unpaired) electrons. The first-order valence-corrected chi connectivity index (χ1v) is 7.55. The van der Waals surface area contributed by atoms with Crippen LogP contribution in [0.4, 0.5) is 0 Å². The molecular formula is C20H24UY-2. The van der Waals surface area contributed by atoms with Gasteiger partial charge in [0.05, 0.1) is 1.37 Å². The molecule has 0 heterocycles. The van der Waals surface area contributed by atoms with E-state index in [2.05, 4.69) is 50.6 Å². The molecule has 0 N–H and O–H groups in total. The Labute approximate surface area is 186 Å². The predicted molar refractivity (Wildman–Crippen MR) is 86.7 cm³/mol. The van der Waals surface area contributed by atoms with Gasteiger partial charge in [-0.05, 0) is 17.9 Å². The molecule has 113 valence electrons. The second-order valence-electron chi connectivity index (χ2n) is 5.43. The van der Waals surface area contributed by atoms with Gasteiger partial charge in [0.15, 0.2) is 0 Å². The summed E-state index contributed by atoms with van der Waals surface area (Å²) < 4.78 is 7.59. The topological polar surface area (TPSA) is 0 Å². The molecule has 0 saturated heterocycles. The first kappa shape index (κ1) is 20.6. The molecule has 2 unspecified atom stereocenters. The van der Waals surface area contributed by atoms with Crippen molar-refractivity contribution >= 4 is 0 Å². The average molecular weight is 593 g/mol. The van der Waals surface area contributed by atoms with Crippen molar-refractivity contribution in [3.63, 3.8) is 0 Å². The van der Waals surface area contributed by atoms with E-state index in [1.807, 2.05) is 24.3 Å². The zero-order chi connectivity index (χ0) is 15.1. The monoisotopic (exact) mass is 593 g/mol.